The van der Waals surface area contributed by atoms with E-state index in [1.807, 2.05) is 0 Å². The summed E-state index contributed by atoms with van der Waals surface area (Å²) < 4.78 is 5.87. The van der Waals surface area contributed by atoms with Crippen LogP contribution in [0.1, 0.15) is 16.6 Å². The second kappa shape index (κ2) is 3.90. The lowest BCUT2D eigenvalue weighted by Crippen LogP contribution is -2.01. The van der Waals surface area contributed by atoms with E-state index in [4.69, 9.17) is 4.74 Å². The lowest BCUT2D eigenvalue weighted by molar-refractivity contribution is 0.0532. The Hall–Kier alpha value is -1.55. The molecule has 0 spiro atoms. The third-order valence-electron chi connectivity index (χ3n) is 1.98. The summed E-state index contributed by atoms with van der Waals surface area (Å²) in [5, 5.41) is 10.1. The second-order valence-corrected chi connectivity index (χ2v) is 4.14. The van der Waals surface area contributed by atoms with Gasteiger partial charge < -0.3 is 9.84 Å². The van der Waals surface area contributed by atoms with Crippen LogP contribution in [0, 0.1) is 0 Å². The van der Waals surface area contributed by atoms with Crippen LogP contribution in [0.4, 0.5) is 0 Å². The van der Waals surface area contributed by atoms with Crippen molar-refractivity contribution in [1.29, 1.82) is 0 Å². The van der Waals surface area contributed by atoms with Crippen molar-refractivity contribution in [2.75, 3.05) is 6.61 Å². The fourth-order valence-electron chi connectivity index (χ4n) is 1.33. The van der Waals surface area contributed by atoms with Crippen molar-refractivity contribution >= 4 is 27.4 Å². The van der Waals surface area contributed by atoms with E-state index in [9.17, 15) is 9.90 Å². The van der Waals surface area contributed by atoms with Crippen molar-refractivity contribution in [2.45, 2.75) is 6.92 Å². The first kappa shape index (κ1) is 9.98. The minimum absolute atomic E-state index is 0.204. The number of carbonyl (C=O) groups is 1. The van der Waals surface area contributed by atoms with E-state index in [1.165, 1.54) is 11.3 Å². The number of hydrogen-bond acceptors (Lipinski definition) is 4. The van der Waals surface area contributed by atoms with E-state index in [2.05, 4.69) is 0 Å². The average Bonchev–Trinajstić information content (AvgIpc) is 2.60. The third kappa shape index (κ3) is 1.94. The van der Waals surface area contributed by atoms with Gasteiger partial charge in [-0.1, -0.05) is 0 Å². The van der Waals surface area contributed by atoms with Gasteiger partial charge in [-0.2, -0.15) is 0 Å². The molecule has 0 aliphatic rings. The fraction of sp³-hybridized carbons (Fsp3) is 0.182. The Morgan fingerprint density at radius 1 is 1.47 bits per heavy atom. The number of phenols is 1. The number of aromatic hydroxyl groups is 1. The molecule has 1 aromatic carbocycles. The van der Waals surface area contributed by atoms with Crippen molar-refractivity contribution in [3.8, 4) is 5.75 Å². The molecule has 0 aliphatic carbocycles. The first-order valence-electron chi connectivity index (χ1n) is 4.60. The van der Waals surface area contributed by atoms with Gasteiger partial charge in [0.05, 0.1) is 6.61 Å². The number of benzene rings is 1. The van der Waals surface area contributed by atoms with Gasteiger partial charge in [0.25, 0.3) is 0 Å². The molecular weight excluding hydrogens is 212 g/mol. The van der Waals surface area contributed by atoms with E-state index in [-0.39, 0.29) is 11.7 Å². The summed E-state index contributed by atoms with van der Waals surface area (Å²) in [6.45, 7) is 2.15. The zero-order valence-corrected chi connectivity index (χ0v) is 9.00. The largest absolute Gasteiger partial charge is 0.508 e. The zero-order chi connectivity index (χ0) is 10.8. The number of phenolic OH excluding ortho intramolecular Hbond substituents is 1. The second-order valence-electron chi connectivity index (χ2n) is 3.05. The lowest BCUT2D eigenvalue weighted by atomic mass is 10.2. The highest BCUT2D eigenvalue weighted by Gasteiger charge is 2.10. The highest BCUT2D eigenvalue weighted by atomic mass is 32.1. The Labute approximate surface area is 90.9 Å². The predicted molar refractivity (Wildman–Crippen MR) is 59.4 cm³/mol. The Morgan fingerprint density at radius 2 is 2.27 bits per heavy atom. The highest BCUT2D eigenvalue weighted by molar-refractivity contribution is 7.20. The molecular formula is C11H10O3S. The minimum Gasteiger partial charge on any atom is -0.508 e. The Morgan fingerprint density at radius 3 is 3.00 bits per heavy atom. The molecule has 1 heterocycles. The molecule has 0 aliphatic heterocycles. The van der Waals surface area contributed by atoms with Gasteiger partial charge in [0, 0.05) is 4.70 Å². The fourth-order valence-corrected chi connectivity index (χ4v) is 2.27. The molecule has 0 atom stereocenters. The van der Waals surface area contributed by atoms with E-state index in [0.29, 0.717) is 11.5 Å². The minimum atomic E-state index is -0.307. The lowest BCUT2D eigenvalue weighted by Gasteiger charge is -1.95. The van der Waals surface area contributed by atoms with Gasteiger partial charge in [-0.25, -0.2) is 4.79 Å². The monoisotopic (exact) mass is 222 g/mol. The molecule has 0 unspecified atom stereocenters. The van der Waals surface area contributed by atoms with Gasteiger partial charge in [0.2, 0.25) is 0 Å². The van der Waals surface area contributed by atoms with E-state index < -0.39 is 0 Å². The number of ether oxygens (including phenoxy) is 1. The smallest absolute Gasteiger partial charge is 0.348 e. The van der Waals surface area contributed by atoms with Crippen LogP contribution < -0.4 is 0 Å². The topological polar surface area (TPSA) is 46.5 Å². The van der Waals surface area contributed by atoms with Crippen LogP contribution in [0.25, 0.3) is 10.1 Å². The molecule has 78 valence electrons. The number of esters is 1. The van der Waals surface area contributed by atoms with Gasteiger partial charge in [-0.15, -0.1) is 11.3 Å². The number of fused-ring (bicyclic) bond motifs is 1. The number of rotatable bonds is 2. The molecule has 1 N–H and O–H groups in total. The van der Waals surface area contributed by atoms with Crippen LogP contribution in [-0.4, -0.2) is 17.7 Å². The normalized spacial score (nSPS) is 10.5. The summed E-state index contributed by atoms with van der Waals surface area (Å²) in [7, 11) is 0. The molecule has 3 nitrogen and oxygen atoms in total. The van der Waals surface area contributed by atoms with Gasteiger partial charge in [0.1, 0.15) is 10.6 Å². The first-order valence-corrected chi connectivity index (χ1v) is 5.42. The van der Waals surface area contributed by atoms with Crippen LogP contribution in [0.15, 0.2) is 24.3 Å². The van der Waals surface area contributed by atoms with Crippen molar-refractivity contribution in [1.82, 2.24) is 0 Å². The third-order valence-corrected chi connectivity index (χ3v) is 3.07. The molecule has 0 saturated carbocycles. The Bertz CT molecular complexity index is 502. The molecule has 15 heavy (non-hydrogen) atoms. The summed E-state index contributed by atoms with van der Waals surface area (Å²) in [5.74, 6) is -0.103. The molecule has 1 aromatic heterocycles. The average molecular weight is 222 g/mol. The quantitative estimate of drug-likeness (QED) is 0.795. The molecule has 0 saturated heterocycles. The van der Waals surface area contributed by atoms with Crippen molar-refractivity contribution in [3.05, 3.63) is 29.1 Å². The molecule has 2 rings (SSSR count). The first-order chi connectivity index (χ1) is 7.20. The van der Waals surface area contributed by atoms with Crippen molar-refractivity contribution in [2.24, 2.45) is 0 Å². The maximum absolute atomic E-state index is 11.4. The molecule has 4 heteroatoms. The predicted octanol–water partition coefficient (Wildman–Crippen LogP) is 2.78. The number of carbonyl (C=O) groups excluding carboxylic acids is 1. The SMILES string of the molecule is CCOC(=O)c1cc2cc(O)ccc2s1. The summed E-state index contributed by atoms with van der Waals surface area (Å²) in [4.78, 5) is 12.0. The Balaban J connectivity index is 2.42. The summed E-state index contributed by atoms with van der Waals surface area (Å²) in [5.41, 5.74) is 0. The highest BCUT2D eigenvalue weighted by Crippen LogP contribution is 2.28. The van der Waals surface area contributed by atoms with Gasteiger partial charge in [-0.05, 0) is 36.6 Å². The van der Waals surface area contributed by atoms with Crippen LogP contribution in [0.3, 0.4) is 0 Å². The molecule has 0 amide bonds. The van der Waals surface area contributed by atoms with E-state index >= 15 is 0 Å². The van der Waals surface area contributed by atoms with Crippen molar-refractivity contribution < 1.29 is 14.6 Å². The Kier molecular flexibility index (Phi) is 2.60. The molecule has 0 bridgehead atoms. The van der Waals surface area contributed by atoms with Crippen LogP contribution in [0.2, 0.25) is 0 Å². The summed E-state index contributed by atoms with van der Waals surface area (Å²) in [6.07, 6.45) is 0. The van der Waals surface area contributed by atoms with Crippen LogP contribution in [-0.2, 0) is 4.74 Å². The maximum Gasteiger partial charge on any atom is 0.348 e. The van der Waals surface area contributed by atoms with Gasteiger partial charge >= 0.3 is 5.97 Å². The van der Waals surface area contributed by atoms with E-state index in [0.717, 1.165) is 10.1 Å². The summed E-state index contributed by atoms with van der Waals surface area (Å²) >= 11 is 1.37. The molecule has 0 radical (unpaired) electrons. The molecule has 2 aromatic rings. The van der Waals surface area contributed by atoms with Crippen LogP contribution >= 0.6 is 11.3 Å². The van der Waals surface area contributed by atoms with Gasteiger partial charge in [0.15, 0.2) is 0 Å². The van der Waals surface area contributed by atoms with Crippen LogP contribution in [0.5, 0.6) is 5.75 Å². The molecule has 0 fully saturated rings. The number of hydrogen-bond donors (Lipinski definition) is 1. The number of thiophene rings is 1. The van der Waals surface area contributed by atoms with Crippen molar-refractivity contribution in [3.63, 3.8) is 0 Å². The maximum atomic E-state index is 11.4. The van der Waals surface area contributed by atoms with E-state index in [1.54, 1.807) is 31.2 Å². The zero-order valence-electron chi connectivity index (χ0n) is 8.19. The summed E-state index contributed by atoms with van der Waals surface area (Å²) in [6, 6.07) is 6.76. The van der Waals surface area contributed by atoms with Gasteiger partial charge in [-0.3, -0.25) is 0 Å². The standard InChI is InChI=1S/C11H10O3S/c1-2-14-11(13)10-6-7-5-8(12)3-4-9(7)15-10/h3-6,12H,2H2,1H3.